The van der Waals surface area contributed by atoms with Crippen molar-refractivity contribution in [1.29, 1.82) is 0 Å². The number of para-hydroxylation sites is 2. The molecular formula is C33H43N9O3. The lowest BCUT2D eigenvalue weighted by molar-refractivity contribution is -0.111. The molecule has 0 radical (unpaired) electrons. The summed E-state index contributed by atoms with van der Waals surface area (Å²) in [6.07, 6.45) is 9.22. The van der Waals surface area contributed by atoms with E-state index in [1.165, 1.54) is 6.20 Å². The van der Waals surface area contributed by atoms with Gasteiger partial charge in [-0.3, -0.25) is 14.4 Å². The van der Waals surface area contributed by atoms with E-state index in [0.29, 0.717) is 47.4 Å². The number of nitrogens with one attached hydrogen (secondary N) is 5. The van der Waals surface area contributed by atoms with Gasteiger partial charge >= 0.3 is 0 Å². The Morgan fingerprint density at radius 1 is 1.02 bits per heavy atom. The van der Waals surface area contributed by atoms with Crippen molar-refractivity contribution in [2.75, 3.05) is 48.5 Å². The average molecular weight is 614 g/mol. The molecule has 2 atom stereocenters. The van der Waals surface area contributed by atoms with Crippen molar-refractivity contribution in [3.8, 4) is 0 Å². The second kappa shape index (κ2) is 16.2. The van der Waals surface area contributed by atoms with Crippen molar-refractivity contribution < 1.29 is 14.4 Å². The van der Waals surface area contributed by atoms with Gasteiger partial charge in [0.1, 0.15) is 11.4 Å². The fourth-order valence-electron chi connectivity index (χ4n) is 5.03. The Morgan fingerprint density at radius 2 is 1.76 bits per heavy atom. The molecule has 0 saturated heterocycles. The predicted molar refractivity (Wildman–Crippen MR) is 179 cm³/mol. The third kappa shape index (κ3) is 10.0. The first-order valence-electron chi connectivity index (χ1n) is 15.3. The number of carbonyl (C=O) groups is 3. The average Bonchev–Trinajstić information content (AvgIpc) is 3.01. The van der Waals surface area contributed by atoms with E-state index in [0.717, 1.165) is 37.8 Å². The maximum Gasteiger partial charge on any atom is 0.256 e. The van der Waals surface area contributed by atoms with Gasteiger partial charge in [-0.1, -0.05) is 25.1 Å². The zero-order chi connectivity index (χ0) is 32.2. The van der Waals surface area contributed by atoms with Crippen LogP contribution in [-0.4, -0.2) is 71.9 Å². The predicted octanol–water partition coefficient (Wildman–Crippen LogP) is 4.35. The van der Waals surface area contributed by atoms with Crippen LogP contribution >= 0.6 is 0 Å². The molecule has 0 bridgehead atoms. The maximum atomic E-state index is 13.5. The van der Waals surface area contributed by atoms with Crippen LogP contribution in [0.5, 0.6) is 0 Å². The van der Waals surface area contributed by atoms with Crippen molar-refractivity contribution in [1.82, 2.24) is 20.2 Å². The van der Waals surface area contributed by atoms with Gasteiger partial charge in [0.2, 0.25) is 17.8 Å². The number of carbonyl (C=O) groups excluding carboxylic acids is 3. The smallest absolute Gasteiger partial charge is 0.256 e. The molecule has 3 amide bonds. The van der Waals surface area contributed by atoms with Crippen LogP contribution in [0, 0.1) is 0 Å². The number of nitrogens with zero attached hydrogens (tertiary/aromatic N) is 3. The summed E-state index contributed by atoms with van der Waals surface area (Å²) in [6, 6.07) is 14.4. The van der Waals surface area contributed by atoms with Crippen molar-refractivity contribution in [2.24, 2.45) is 5.73 Å². The van der Waals surface area contributed by atoms with Crippen molar-refractivity contribution >= 4 is 46.5 Å². The number of benzene rings is 2. The molecule has 3 aromatic rings. The number of hydrogen-bond donors (Lipinski definition) is 6. The highest BCUT2D eigenvalue weighted by Crippen LogP contribution is 2.28. The SMILES string of the molecule is CCCNc1nc(Nc2ccc(C(N)=O)cc2)ncc1C(=O)NC1CCC[C@H](Nc2ccccc2NC(=O)/C=C/CN(C)C)C1. The Hall–Kier alpha value is -4.97. The van der Waals surface area contributed by atoms with Crippen molar-refractivity contribution in [3.05, 3.63) is 78.0 Å². The Bertz CT molecular complexity index is 1490. The van der Waals surface area contributed by atoms with Gasteiger partial charge in [-0.05, 0) is 82.6 Å². The van der Waals surface area contributed by atoms with Gasteiger partial charge in [0.25, 0.3) is 5.91 Å². The normalized spacial score (nSPS) is 16.3. The molecule has 0 spiro atoms. The van der Waals surface area contributed by atoms with Gasteiger partial charge in [0, 0.05) is 48.7 Å². The second-order valence-electron chi connectivity index (χ2n) is 11.3. The van der Waals surface area contributed by atoms with Crippen LogP contribution in [0.1, 0.15) is 59.7 Å². The molecule has 1 aliphatic rings. The van der Waals surface area contributed by atoms with E-state index in [4.69, 9.17) is 5.73 Å². The molecule has 1 aliphatic carbocycles. The molecule has 0 aliphatic heterocycles. The summed E-state index contributed by atoms with van der Waals surface area (Å²) in [5, 5.41) is 16.1. The van der Waals surface area contributed by atoms with E-state index < -0.39 is 5.91 Å². The fraction of sp³-hybridized carbons (Fsp3) is 0.364. The summed E-state index contributed by atoms with van der Waals surface area (Å²) in [6.45, 7) is 3.36. The molecule has 1 saturated carbocycles. The molecule has 12 heteroatoms. The van der Waals surface area contributed by atoms with E-state index in [1.807, 2.05) is 56.3 Å². The van der Waals surface area contributed by atoms with Gasteiger partial charge in [-0.2, -0.15) is 4.98 Å². The van der Waals surface area contributed by atoms with E-state index >= 15 is 0 Å². The number of amides is 3. The second-order valence-corrected chi connectivity index (χ2v) is 11.3. The molecule has 7 N–H and O–H groups in total. The molecule has 2 aromatic carbocycles. The van der Waals surface area contributed by atoms with Crippen LogP contribution in [-0.2, 0) is 4.79 Å². The number of rotatable bonds is 14. The number of likely N-dealkylation sites (N-methyl/N-ethyl adjacent to an activating group) is 1. The van der Waals surface area contributed by atoms with E-state index in [2.05, 4.69) is 36.6 Å². The quantitative estimate of drug-likeness (QED) is 0.145. The van der Waals surface area contributed by atoms with Crippen molar-refractivity contribution in [2.45, 2.75) is 51.1 Å². The summed E-state index contributed by atoms with van der Waals surface area (Å²) in [5.74, 6) is -0.171. The fourth-order valence-corrected chi connectivity index (χ4v) is 5.03. The van der Waals surface area contributed by atoms with Gasteiger partial charge in [-0.15, -0.1) is 0 Å². The molecule has 238 valence electrons. The minimum atomic E-state index is -0.503. The third-order valence-corrected chi connectivity index (χ3v) is 7.30. The highest BCUT2D eigenvalue weighted by atomic mass is 16.2. The standard InChI is InChI=1S/C33H43N9O3/c1-4-18-35-31-26(21-36-33(41-31)39-23-16-14-22(15-17-23)30(34)44)32(45)38-25-10-7-9-24(20-25)37-27-11-5-6-12-28(27)40-29(43)13-8-19-42(2)3/h5-6,8,11-17,21,24-25,37H,4,7,9-10,18-20H2,1-3H3,(H2,34,44)(H,38,45)(H,40,43)(H2,35,36,39,41)/b13-8+/t24-,25?/m0/s1. The Balaban J connectivity index is 1.39. The molecule has 1 aromatic heterocycles. The molecule has 1 fully saturated rings. The molecule has 1 unspecified atom stereocenters. The number of aromatic nitrogens is 2. The van der Waals surface area contributed by atoms with Gasteiger partial charge in [-0.25, -0.2) is 4.98 Å². The lowest BCUT2D eigenvalue weighted by Gasteiger charge is -2.31. The number of hydrogen-bond acceptors (Lipinski definition) is 9. The maximum absolute atomic E-state index is 13.5. The molecule has 4 rings (SSSR count). The third-order valence-electron chi connectivity index (χ3n) is 7.30. The lowest BCUT2D eigenvalue weighted by atomic mass is 9.90. The van der Waals surface area contributed by atoms with Gasteiger partial charge in [0.15, 0.2) is 0 Å². The summed E-state index contributed by atoms with van der Waals surface area (Å²) < 4.78 is 0. The molecule has 12 nitrogen and oxygen atoms in total. The van der Waals surface area contributed by atoms with E-state index in [-0.39, 0.29) is 23.9 Å². The molecule has 1 heterocycles. The minimum absolute atomic E-state index is 0.0416. The zero-order valence-electron chi connectivity index (χ0n) is 26.1. The van der Waals surface area contributed by atoms with Crippen LogP contribution in [0.25, 0.3) is 0 Å². The highest BCUT2D eigenvalue weighted by Gasteiger charge is 2.26. The first-order chi connectivity index (χ1) is 21.7. The minimum Gasteiger partial charge on any atom is -0.381 e. The number of primary amides is 1. The van der Waals surface area contributed by atoms with Crippen LogP contribution < -0.4 is 32.3 Å². The van der Waals surface area contributed by atoms with Crippen molar-refractivity contribution in [3.63, 3.8) is 0 Å². The van der Waals surface area contributed by atoms with Crippen LogP contribution in [0.4, 0.5) is 28.8 Å². The van der Waals surface area contributed by atoms with E-state index in [9.17, 15) is 14.4 Å². The first kappa shape index (κ1) is 32.9. The Labute approximate surface area is 264 Å². The van der Waals surface area contributed by atoms with E-state index in [1.54, 1.807) is 30.3 Å². The summed E-state index contributed by atoms with van der Waals surface area (Å²) in [5.41, 5.74) is 8.33. The summed E-state index contributed by atoms with van der Waals surface area (Å²) >= 11 is 0. The first-order valence-corrected chi connectivity index (χ1v) is 15.3. The highest BCUT2D eigenvalue weighted by molar-refractivity contribution is 6.01. The Morgan fingerprint density at radius 3 is 2.47 bits per heavy atom. The lowest BCUT2D eigenvalue weighted by Crippen LogP contribution is -2.42. The largest absolute Gasteiger partial charge is 0.381 e. The van der Waals surface area contributed by atoms with Crippen LogP contribution in [0.15, 0.2) is 66.9 Å². The summed E-state index contributed by atoms with van der Waals surface area (Å²) in [7, 11) is 3.89. The topological polar surface area (TPSA) is 166 Å². The van der Waals surface area contributed by atoms with Gasteiger partial charge < -0.3 is 37.2 Å². The Kier molecular flexibility index (Phi) is 11.9. The molecular weight excluding hydrogens is 570 g/mol. The molecule has 45 heavy (non-hydrogen) atoms. The number of nitrogens with two attached hydrogens (primary N) is 1. The summed E-state index contributed by atoms with van der Waals surface area (Å²) in [4.78, 5) is 48.2. The van der Waals surface area contributed by atoms with Gasteiger partial charge in [0.05, 0.1) is 11.4 Å². The monoisotopic (exact) mass is 613 g/mol. The number of anilines is 5. The van der Waals surface area contributed by atoms with Crippen LogP contribution in [0.3, 0.4) is 0 Å². The van der Waals surface area contributed by atoms with Crippen LogP contribution in [0.2, 0.25) is 0 Å². The zero-order valence-corrected chi connectivity index (χ0v) is 26.1.